The number of thiophene rings is 1. The van der Waals surface area contributed by atoms with Gasteiger partial charge in [-0.05, 0) is 31.1 Å². The number of carbonyl (C=O) groups is 2. The molecule has 0 aliphatic rings. The Kier molecular flexibility index (Phi) is 4.55. The van der Waals surface area contributed by atoms with Gasteiger partial charge in [0.15, 0.2) is 5.78 Å². The average Bonchev–Trinajstić information content (AvgIpc) is 2.76. The predicted octanol–water partition coefficient (Wildman–Crippen LogP) is 3.94. The van der Waals surface area contributed by atoms with Gasteiger partial charge in [0.05, 0.1) is 5.56 Å². The highest BCUT2D eigenvalue weighted by atomic mass is 32.1. The topological polar surface area (TPSA) is 66.4 Å². The Labute approximate surface area is 126 Å². The minimum atomic E-state index is -0.982. The van der Waals surface area contributed by atoms with E-state index in [2.05, 4.69) is 5.32 Å². The summed E-state index contributed by atoms with van der Waals surface area (Å²) >= 11 is 1.36. The second-order valence-corrected chi connectivity index (χ2v) is 5.54. The summed E-state index contributed by atoms with van der Waals surface area (Å²) in [7, 11) is 0. The number of ketones is 1. The molecule has 2 N–H and O–H groups in total. The monoisotopic (exact) mass is 301 g/mol. The van der Waals surface area contributed by atoms with Crippen molar-refractivity contribution in [3.8, 4) is 10.4 Å². The van der Waals surface area contributed by atoms with Crippen LogP contribution in [-0.2, 0) is 4.79 Å². The molecule has 0 radical (unpaired) electrons. The molecular formula is C16H15NO3S. The third kappa shape index (κ3) is 3.38. The van der Waals surface area contributed by atoms with E-state index in [0.717, 1.165) is 16.0 Å². The zero-order chi connectivity index (χ0) is 15.4. The molecule has 2 aromatic rings. The maximum atomic E-state index is 11.5. The first-order valence-corrected chi connectivity index (χ1v) is 7.18. The molecule has 0 unspecified atom stereocenters. The van der Waals surface area contributed by atoms with Gasteiger partial charge < -0.3 is 10.4 Å². The highest BCUT2D eigenvalue weighted by Crippen LogP contribution is 2.39. The van der Waals surface area contributed by atoms with Crippen LogP contribution < -0.4 is 5.32 Å². The van der Waals surface area contributed by atoms with Gasteiger partial charge in [0, 0.05) is 11.1 Å². The van der Waals surface area contributed by atoms with Gasteiger partial charge in [0.2, 0.25) is 0 Å². The smallest absolute Gasteiger partial charge is 0.339 e. The van der Waals surface area contributed by atoms with Crippen LogP contribution in [0.4, 0.5) is 5.00 Å². The van der Waals surface area contributed by atoms with E-state index in [1.54, 1.807) is 6.92 Å². The lowest BCUT2D eigenvalue weighted by molar-refractivity contribution is -0.112. The van der Waals surface area contributed by atoms with Crippen molar-refractivity contribution in [2.24, 2.45) is 0 Å². The lowest BCUT2D eigenvalue weighted by Gasteiger charge is -2.00. The summed E-state index contributed by atoms with van der Waals surface area (Å²) in [4.78, 5) is 23.3. The molecule has 0 bridgehead atoms. The fourth-order valence-corrected chi connectivity index (χ4v) is 3.15. The summed E-state index contributed by atoms with van der Waals surface area (Å²) in [5, 5.41) is 12.8. The Morgan fingerprint density at radius 2 is 1.90 bits per heavy atom. The fraction of sp³-hybridized carbons (Fsp3) is 0.125. The normalized spacial score (nSPS) is 10.8. The molecular weight excluding hydrogens is 286 g/mol. The molecule has 0 amide bonds. The minimum Gasteiger partial charge on any atom is -0.478 e. The number of aromatic carboxylic acids is 1. The van der Waals surface area contributed by atoms with Crippen molar-refractivity contribution in [2.45, 2.75) is 13.8 Å². The van der Waals surface area contributed by atoms with E-state index in [-0.39, 0.29) is 11.3 Å². The van der Waals surface area contributed by atoms with E-state index in [1.807, 2.05) is 30.3 Å². The van der Waals surface area contributed by atoms with Crippen molar-refractivity contribution >= 4 is 28.1 Å². The standard InChI is InChI=1S/C16H15NO3S/c1-10(18)8-9-17-15-13(16(19)20)11(2)14(21-15)12-6-4-3-5-7-12/h3-9,17H,1-2H3,(H,19,20)/b9-8+. The Bertz CT molecular complexity index is 702. The van der Waals surface area contributed by atoms with Gasteiger partial charge in [-0.25, -0.2) is 4.79 Å². The van der Waals surface area contributed by atoms with Gasteiger partial charge in [-0.15, -0.1) is 11.3 Å². The first-order valence-electron chi connectivity index (χ1n) is 6.36. The van der Waals surface area contributed by atoms with Gasteiger partial charge in [-0.1, -0.05) is 30.3 Å². The quantitative estimate of drug-likeness (QED) is 0.821. The van der Waals surface area contributed by atoms with Crippen molar-refractivity contribution in [1.29, 1.82) is 0 Å². The number of hydrogen-bond donors (Lipinski definition) is 2. The lowest BCUT2D eigenvalue weighted by atomic mass is 10.1. The van der Waals surface area contributed by atoms with E-state index in [4.69, 9.17) is 0 Å². The van der Waals surface area contributed by atoms with Crippen LogP contribution in [0.1, 0.15) is 22.8 Å². The van der Waals surface area contributed by atoms with Crippen LogP contribution in [-0.4, -0.2) is 16.9 Å². The molecule has 1 aromatic heterocycles. The number of carboxylic acids is 1. The molecule has 0 aliphatic carbocycles. The molecule has 21 heavy (non-hydrogen) atoms. The highest BCUT2D eigenvalue weighted by molar-refractivity contribution is 7.20. The van der Waals surface area contributed by atoms with E-state index in [1.165, 1.54) is 30.5 Å². The minimum absolute atomic E-state index is 0.101. The van der Waals surface area contributed by atoms with E-state index >= 15 is 0 Å². The molecule has 0 aliphatic heterocycles. The van der Waals surface area contributed by atoms with Gasteiger partial charge in [0.1, 0.15) is 5.00 Å². The van der Waals surface area contributed by atoms with Crippen molar-refractivity contribution in [1.82, 2.24) is 0 Å². The summed E-state index contributed by atoms with van der Waals surface area (Å²) < 4.78 is 0. The molecule has 0 fully saturated rings. The summed E-state index contributed by atoms with van der Waals surface area (Å²) in [6.07, 6.45) is 2.83. The molecule has 4 nitrogen and oxygen atoms in total. The number of rotatable bonds is 5. The zero-order valence-corrected chi connectivity index (χ0v) is 12.5. The maximum Gasteiger partial charge on any atom is 0.339 e. The Morgan fingerprint density at radius 1 is 1.24 bits per heavy atom. The number of hydrogen-bond acceptors (Lipinski definition) is 4. The average molecular weight is 301 g/mol. The second-order valence-electron chi connectivity index (χ2n) is 4.52. The van der Waals surface area contributed by atoms with Crippen LogP contribution in [0.15, 0.2) is 42.6 Å². The van der Waals surface area contributed by atoms with Crippen molar-refractivity contribution < 1.29 is 14.7 Å². The summed E-state index contributed by atoms with van der Waals surface area (Å²) in [5.74, 6) is -1.08. The summed E-state index contributed by atoms with van der Waals surface area (Å²) in [6, 6.07) is 9.63. The first-order chi connectivity index (χ1) is 10.0. The molecule has 1 aromatic carbocycles. The summed E-state index contributed by atoms with van der Waals surface area (Å²) in [5.41, 5.74) is 1.94. The first kappa shape index (κ1) is 15.0. The number of allylic oxidation sites excluding steroid dienone is 1. The Hall–Kier alpha value is -2.40. The van der Waals surface area contributed by atoms with E-state index in [9.17, 15) is 14.7 Å². The highest BCUT2D eigenvalue weighted by Gasteiger charge is 2.20. The molecule has 5 heteroatoms. The van der Waals surface area contributed by atoms with Crippen LogP contribution in [0.3, 0.4) is 0 Å². The zero-order valence-electron chi connectivity index (χ0n) is 11.7. The second kappa shape index (κ2) is 6.37. The number of nitrogens with one attached hydrogen (secondary N) is 1. The molecule has 2 rings (SSSR count). The van der Waals surface area contributed by atoms with Crippen LogP contribution in [0, 0.1) is 6.92 Å². The third-order valence-electron chi connectivity index (χ3n) is 2.93. The van der Waals surface area contributed by atoms with Gasteiger partial charge in [0.25, 0.3) is 0 Å². The van der Waals surface area contributed by atoms with Crippen LogP contribution >= 0.6 is 11.3 Å². The van der Waals surface area contributed by atoms with Gasteiger partial charge >= 0.3 is 5.97 Å². The molecule has 1 heterocycles. The van der Waals surface area contributed by atoms with Crippen LogP contribution in [0.5, 0.6) is 0 Å². The van der Waals surface area contributed by atoms with E-state index < -0.39 is 5.97 Å². The molecule has 0 atom stereocenters. The van der Waals surface area contributed by atoms with Crippen molar-refractivity contribution in [2.75, 3.05) is 5.32 Å². The fourth-order valence-electron chi connectivity index (χ4n) is 1.97. The van der Waals surface area contributed by atoms with Gasteiger partial charge in [-0.2, -0.15) is 0 Å². The number of benzene rings is 1. The lowest BCUT2D eigenvalue weighted by Crippen LogP contribution is -2.01. The largest absolute Gasteiger partial charge is 0.478 e. The molecule has 108 valence electrons. The Balaban J connectivity index is 2.46. The van der Waals surface area contributed by atoms with Crippen molar-refractivity contribution in [3.05, 3.63) is 53.7 Å². The van der Waals surface area contributed by atoms with Gasteiger partial charge in [-0.3, -0.25) is 4.79 Å². The molecule has 0 saturated heterocycles. The number of carbonyl (C=O) groups excluding carboxylic acids is 1. The molecule has 0 saturated carbocycles. The third-order valence-corrected chi connectivity index (χ3v) is 4.20. The summed E-state index contributed by atoms with van der Waals surface area (Å²) in [6.45, 7) is 3.23. The number of anilines is 1. The van der Waals surface area contributed by atoms with Crippen LogP contribution in [0.2, 0.25) is 0 Å². The number of carboxylic acid groups (broad SMARTS) is 1. The maximum absolute atomic E-state index is 11.5. The Morgan fingerprint density at radius 3 is 2.48 bits per heavy atom. The van der Waals surface area contributed by atoms with E-state index in [0.29, 0.717) is 5.00 Å². The van der Waals surface area contributed by atoms with Crippen LogP contribution in [0.25, 0.3) is 10.4 Å². The predicted molar refractivity (Wildman–Crippen MR) is 84.9 cm³/mol. The molecule has 0 spiro atoms. The van der Waals surface area contributed by atoms with Crippen molar-refractivity contribution in [3.63, 3.8) is 0 Å². The SMILES string of the molecule is CC(=O)/C=C/Nc1sc(-c2ccccc2)c(C)c1C(=O)O.